The number of nitrogens with one attached hydrogen (secondary N) is 4. The predicted molar refractivity (Wildman–Crippen MR) is 279 cm³/mol. The molecule has 4 aromatic carbocycles. The third-order valence-electron chi connectivity index (χ3n) is 13.7. The summed E-state index contributed by atoms with van der Waals surface area (Å²) in [5.41, 5.74) is 3.74. The van der Waals surface area contributed by atoms with Crippen LogP contribution in [0.15, 0.2) is 103 Å². The van der Waals surface area contributed by atoms with E-state index < -0.39 is 85.7 Å². The standard InChI is InChI=1S/C55H67N7O11Si/c1-34(60(5)53(70)73-55(2,3)4)47(63)59-44(51(67)62-33-74(6,7)32-46(62)50(66)58-43-19-13-17-37-16-11-12-18-42(37)43)28-35-20-26-40(27-21-35)56-48(64)38-22-24-39(25-23-38)49(65)57-41-29-45(52(68)69)61(30-41)54(71)72-31-36-14-9-8-10-15-36/h8-12,14-16,18,20-27,34,41,43-46H,13,17,19,28-33H2,1-7H3,(H,56,64)(H,57,65)(H,58,66)(H,59,63)(H,68,69)/t34?,41-,43+,44?,45-,46?/m0/s1. The number of likely N-dealkylation sites (N-methyl/N-ethyl adjacent to an activating group) is 1. The van der Waals surface area contributed by atoms with Crippen LogP contribution in [-0.4, -0.2) is 131 Å². The number of rotatable bonds is 15. The fourth-order valence-electron chi connectivity index (χ4n) is 9.65. The minimum atomic E-state index is -2.11. The lowest BCUT2D eigenvalue weighted by Gasteiger charge is -2.33. The summed E-state index contributed by atoms with van der Waals surface area (Å²) in [5, 5.41) is 21.6. The molecule has 6 atom stereocenters. The summed E-state index contributed by atoms with van der Waals surface area (Å²) in [4.78, 5) is 112. The molecule has 74 heavy (non-hydrogen) atoms. The summed E-state index contributed by atoms with van der Waals surface area (Å²) in [7, 11) is -0.656. The number of carboxylic acids is 1. The Labute approximate surface area is 432 Å². The minimum Gasteiger partial charge on any atom is -0.480 e. The van der Waals surface area contributed by atoms with Crippen LogP contribution in [-0.2, 0) is 48.1 Å². The van der Waals surface area contributed by atoms with Crippen molar-refractivity contribution in [1.29, 1.82) is 0 Å². The fourth-order valence-corrected chi connectivity index (χ4v) is 12.5. The summed E-state index contributed by atoms with van der Waals surface area (Å²) in [6, 6.07) is 25.3. The van der Waals surface area contributed by atoms with Crippen molar-refractivity contribution in [2.45, 2.75) is 127 Å². The average Bonchev–Trinajstić information content (AvgIpc) is 3.95. The first-order valence-corrected chi connectivity index (χ1v) is 28.4. The topological polar surface area (TPSA) is 233 Å². The summed E-state index contributed by atoms with van der Waals surface area (Å²) in [6.07, 6.45) is 1.55. The Kier molecular flexibility index (Phi) is 16.9. The molecule has 2 aliphatic heterocycles. The average molecular weight is 1030 g/mol. The highest BCUT2D eigenvalue weighted by molar-refractivity contribution is 6.79. The normalized spacial score (nSPS) is 19.7. The Morgan fingerprint density at radius 2 is 1.45 bits per heavy atom. The summed E-state index contributed by atoms with van der Waals surface area (Å²) < 4.78 is 10.9. The number of fused-ring (bicyclic) bond motifs is 1. The molecule has 0 radical (unpaired) electrons. The number of amides is 7. The Morgan fingerprint density at radius 3 is 2.11 bits per heavy atom. The monoisotopic (exact) mass is 1030 g/mol. The lowest BCUT2D eigenvalue weighted by molar-refractivity contribution is -0.141. The summed E-state index contributed by atoms with van der Waals surface area (Å²) in [6.45, 7) is 10.9. The molecule has 7 amide bonds. The zero-order valence-corrected chi connectivity index (χ0v) is 44.0. The molecule has 1 aliphatic carbocycles. The third-order valence-corrected chi connectivity index (χ3v) is 16.4. The highest BCUT2D eigenvalue weighted by atomic mass is 28.3. The number of carboxylic acid groups (broad SMARTS) is 1. The highest BCUT2D eigenvalue weighted by Gasteiger charge is 2.47. The van der Waals surface area contributed by atoms with Crippen molar-refractivity contribution in [1.82, 2.24) is 30.7 Å². The number of ether oxygens (including phenoxy) is 2. The van der Waals surface area contributed by atoms with E-state index in [1.54, 1.807) is 81.1 Å². The van der Waals surface area contributed by atoms with E-state index in [1.807, 2.05) is 24.3 Å². The fraction of sp³-hybridized carbons (Fsp3) is 0.418. The number of benzene rings is 4. The van der Waals surface area contributed by atoms with Gasteiger partial charge >= 0.3 is 18.2 Å². The number of hydrogen-bond acceptors (Lipinski definition) is 10. The van der Waals surface area contributed by atoms with Crippen molar-refractivity contribution in [3.8, 4) is 0 Å². The van der Waals surface area contributed by atoms with Gasteiger partial charge in [0, 0.05) is 55.5 Å². The first kappa shape index (κ1) is 54.2. The van der Waals surface area contributed by atoms with E-state index in [0.717, 1.165) is 35.3 Å². The van der Waals surface area contributed by atoms with Gasteiger partial charge in [0.25, 0.3) is 11.8 Å². The van der Waals surface area contributed by atoms with Crippen LogP contribution in [0.25, 0.3) is 0 Å². The van der Waals surface area contributed by atoms with Crippen molar-refractivity contribution in [2.24, 2.45) is 0 Å². The van der Waals surface area contributed by atoms with Gasteiger partial charge in [0.1, 0.15) is 36.4 Å². The lowest BCUT2D eigenvalue weighted by Crippen LogP contribution is -2.57. The van der Waals surface area contributed by atoms with Gasteiger partial charge in [0.05, 0.1) is 14.1 Å². The van der Waals surface area contributed by atoms with Crippen LogP contribution in [0.1, 0.15) is 96.0 Å². The molecule has 392 valence electrons. The van der Waals surface area contributed by atoms with Gasteiger partial charge < -0.3 is 40.7 Å². The number of likely N-dealkylation sites (tertiary alicyclic amines) is 1. The number of carbonyl (C=O) groups excluding carboxylic acids is 7. The van der Waals surface area contributed by atoms with E-state index in [-0.39, 0.29) is 49.1 Å². The Morgan fingerprint density at radius 1 is 0.797 bits per heavy atom. The molecule has 2 fully saturated rings. The van der Waals surface area contributed by atoms with Gasteiger partial charge in [-0.3, -0.25) is 33.8 Å². The number of carbonyl (C=O) groups is 8. The van der Waals surface area contributed by atoms with Crippen LogP contribution in [0.3, 0.4) is 0 Å². The number of aliphatic carboxylic acids is 1. The first-order chi connectivity index (χ1) is 35.1. The number of aryl methyl sites for hydroxylation is 1. The molecule has 0 bridgehead atoms. The molecule has 0 spiro atoms. The van der Waals surface area contributed by atoms with E-state index in [1.165, 1.54) is 41.8 Å². The first-order valence-electron chi connectivity index (χ1n) is 25.0. The van der Waals surface area contributed by atoms with E-state index in [2.05, 4.69) is 40.4 Å². The maximum atomic E-state index is 14.9. The number of anilines is 1. The zero-order valence-electron chi connectivity index (χ0n) is 43.0. The Balaban J connectivity index is 1.00. The lowest BCUT2D eigenvalue weighted by atomic mass is 9.87. The van der Waals surface area contributed by atoms with Crippen molar-refractivity contribution in [2.75, 3.05) is 25.1 Å². The highest BCUT2D eigenvalue weighted by Crippen LogP contribution is 2.33. The van der Waals surface area contributed by atoms with E-state index in [0.29, 0.717) is 23.5 Å². The molecular formula is C55H67N7O11Si. The van der Waals surface area contributed by atoms with Crippen LogP contribution in [0.2, 0.25) is 19.1 Å². The predicted octanol–water partition coefficient (Wildman–Crippen LogP) is 6.47. The molecule has 7 rings (SSSR count). The molecule has 3 aliphatic rings. The molecule has 18 nitrogen and oxygen atoms in total. The third kappa shape index (κ3) is 13.7. The van der Waals surface area contributed by atoms with Gasteiger partial charge in [-0.15, -0.1) is 0 Å². The van der Waals surface area contributed by atoms with Crippen LogP contribution in [0, 0.1) is 0 Å². The van der Waals surface area contributed by atoms with Gasteiger partial charge in [0.15, 0.2) is 0 Å². The van der Waals surface area contributed by atoms with Crippen LogP contribution >= 0.6 is 0 Å². The van der Waals surface area contributed by atoms with E-state index in [4.69, 9.17) is 9.47 Å². The second-order valence-electron chi connectivity index (χ2n) is 21.2. The number of nitrogens with zero attached hydrogens (tertiary/aromatic N) is 3. The molecule has 5 N–H and O–H groups in total. The maximum absolute atomic E-state index is 14.9. The van der Waals surface area contributed by atoms with Gasteiger partial charge in [-0.1, -0.05) is 79.8 Å². The van der Waals surface area contributed by atoms with Crippen LogP contribution < -0.4 is 21.3 Å². The molecule has 4 aromatic rings. The van der Waals surface area contributed by atoms with Gasteiger partial charge in [-0.25, -0.2) is 14.4 Å². The maximum Gasteiger partial charge on any atom is 0.410 e. The van der Waals surface area contributed by atoms with E-state index in [9.17, 15) is 43.5 Å². The second kappa shape index (κ2) is 23.1. The SMILES string of the molecule is CC(C(=O)NC(Cc1ccc(NC(=O)c2ccc(C(=O)N[C@H]3C[C@@H](C(=O)O)N(C(=O)OCc4ccccc4)C3)cc2)cc1)C(=O)N1C[Si](C)(C)CC1C(=O)N[C@@H]1CCCc2ccccc21)N(C)C(=O)OC(C)(C)C. The van der Waals surface area contributed by atoms with Crippen LogP contribution in [0.4, 0.5) is 15.3 Å². The van der Waals surface area contributed by atoms with Crippen molar-refractivity contribution in [3.63, 3.8) is 0 Å². The second-order valence-corrected chi connectivity index (χ2v) is 26.3. The largest absolute Gasteiger partial charge is 0.480 e. The molecule has 2 saturated heterocycles. The number of hydrogen-bond donors (Lipinski definition) is 5. The Bertz CT molecular complexity index is 2730. The zero-order chi connectivity index (χ0) is 53.5. The van der Waals surface area contributed by atoms with Gasteiger partial charge in [-0.2, -0.15) is 0 Å². The molecule has 2 heterocycles. The smallest absolute Gasteiger partial charge is 0.410 e. The summed E-state index contributed by atoms with van der Waals surface area (Å²) in [5.74, 6) is -3.45. The molecule has 0 aromatic heterocycles. The van der Waals surface area contributed by atoms with Crippen molar-refractivity contribution in [3.05, 3.63) is 137 Å². The molecule has 0 saturated carbocycles. The quantitative estimate of drug-likeness (QED) is 0.0810. The van der Waals surface area contributed by atoms with Gasteiger partial charge in [-0.05, 0) is 112 Å². The minimum absolute atomic E-state index is 0.0209. The molecule has 19 heteroatoms. The van der Waals surface area contributed by atoms with Crippen LogP contribution in [0.5, 0.6) is 0 Å². The molecule has 3 unspecified atom stereocenters. The van der Waals surface area contributed by atoms with Gasteiger partial charge in [0.2, 0.25) is 17.7 Å². The van der Waals surface area contributed by atoms with Crippen molar-refractivity contribution >= 4 is 61.5 Å². The molecular weight excluding hydrogens is 963 g/mol. The Hall–Kier alpha value is -7.54. The van der Waals surface area contributed by atoms with Crippen molar-refractivity contribution < 1.29 is 52.9 Å². The van der Waals surface area contributed by atoms with E-state index >= 15 is 0 Å². The summed E-state index contributed by atoms with van der Waals surface area (Å²) >= 11 is 0.